The summed E-state index contributed by atoms with van der Waals surface area (Å²) in [4.78, 5) is 5.53. The Balaban J connectivity index is 2.09. The van der Waals surface area contributed by atoms with Crippen molar-refractivity contribution in [2.75, 3.05) is 0 Å². The molecule has 2 aromatic heterocycles. The minimum absolute atomic E-state index is 0.590. The predicted octanol–water partition coefficient (Wildman–Crippen LogP) is 2.99. The standard InChI is InChI=1S/C14H10N4S/c1-18-9-12(8-16-18)19-14-11(7-15)6-10-4-2-3-5-13(10)17-14/h2-6,8-9H,1H3. The zero-order chi connectivity index (χ0) is 13.2. The highest BCUT2D eigenvalue weighted by molar-refractivity contribution is 7.99. The highest BCUT2D eigenvalue weighted by Gasteiger charge is 2.09. The Morgan fingerprint density at radius 1 is 1.32 bits per heavy atom. The lowest BCUT2D eigenvalue weighted by molar-refractivity contribution is 0.766. The van der Waals surface area contributed by atoms with E-state index in [1.807, 2.05) is 43.6 Å². The molecule has 0 aliphatic rings. The monoisotopic (exact) mass is 266 g/mol. The first kappa shape index (κ1) is 11.8. The van der Waals surface area contributed by atoms with Crippen molar-refractivity contribution < 1.29 is 0 Å². The molecule has 3 rings (SSSR count). The summed E-state index contributed by atoms with van der Waals surface area (Å²) < 4.78 is 1.73. The van der Waals surface area contributed by atoms with E-state index in [0.29, 0.717) is 10.6 Å². The van der Waals surface area contributed by atoms with Crippen LogP contribution in [0.5, 0.6) is 0 Å². The molecule has 0 atom stereocenters. The van der Waals surface area contributed by atoms with Gasteiger partial charge in [0, 0.05) is 18.6 Å². The van der Waals surface area contributed by atoms with E-state index in [0.717, 1.165) is 15.8 Å². The Kier molecular flexibility index (Phi) is 2.94. The Bertz CT molecular complexity index is 785. The largest absolute Gasteiger partial charge is 0.275 e. The number of hydrogen-bond donors (Lipinski definition) is 0. The predicted molar refractivity (Wildman–Crippen MR) is 73.8 cm³/mol. The normalized spacial score (nSPS) is 10.5. The van der Waals surface area contributed by atoms with Crippen LogP contribution in [0.3, 0.4) is 0 Å². The number of aromatic nitrogens is 3. The van der Waals surface area contributed by atoms with Crippen LogP contribution in [-0.2, 0) is 7.05 Å². The van der Waals surface area contributed by atoms with Crippen molar-refractivity contribution in [2.45, 2.75) is 9.92 Å². The summed E-state index contributed by atoms with van der Waals surface area (Å²) in [7, 11) is 1.86. The van der Waals surface area contributed by atoms with Crippen LogP contribution in [0.2, 0.25) is 0 Å². The van der Waals surface area contributed by atoms with Crippen LogP contribution in [-0.4, -0.2) is 14.8 Å². The molecule has 5 heteroatoms. The number of pyridine rings is 1. The maximum absolute atomic E-state index is 9.24. The summed E-state index contributed by atoms with van der Waals surface area (Å²) in [5.74, 6) is 0. The van der Waals surface area contributed by atoms with E-state index in [2.05, 4.69) is 16.2 Å². The fourth-order valence-corrected chi connectivity index (χ4v) is 2.71. The molecule has 0 saturated carbocycles. The zero-order valence-electron chi connectivity index (χ0n) is 10.2. The average Bonchev–Trinajstić information content (AvgIpc) is 2.83. The van der Waals surface area contributed by atoms with Gasteiger partial charge in [-0.15, -0.1) is 0 Å². The molecule has 0 spiro atoms. The SMILES string of the molecule is Cn1cc(Sc2nc3ccccc3cc2C#N)cn1. The Hall–Kier alpha value is -2.32. The third-order valence-corrected chi connectivity index (χ3v) is 3.66. The first-order chi connectivity index (χ1) is 9.26. The molecule has 92 valence electrons. The summed E-state index contributed by atoms with van der Waals surface area (Å²) in [5.41, 5.74) is 1.49. The number of benzene rings is 1. The van der Waals surface area contributed by atoms with Gasteiger partial charge in [-0.3, -0.25) is 4.68 Å². The van der Waals surface area contributed by atoms with Crippen molar-refractivity contribution in [3.8, 4) is 6.07 Å². The molecule has 0 unspecified atom stereocenters. The van der Waals surface area contributed by atoms with E-state index < -0.39 is 0 Å². The van der Waals surface area contributed by atoms with Crippen LogP contribution in [0.15, 0.2) is 52.6 Å². The maximum atomic E-state index is 9.24. The maximum Gasteiger partial charge on any atom is 0.119 e. The number of para-hydroxylation sites is 1. The van der Waals surface area contributed by atoms with Crippen molar-refractivity contribution >= 4 is 22.7 Å². The van der Waals surface area contributed by atoms with Crippen LogP contribution in [0.25, 0.3) is 10.9 Å². The van der Waals surface area contributed by atoms with Crippen LogP contribution in [0, 0.1) is 11.3 Å². The molecular weight excluding hydrogens is 256 g/mol. The molecule has 3 aromatic rings. The van der Waals surface area contributed by atoms with Gasteiger partial charge in [-0.25, -0.2) is 4.98 Å². The van der Waals surface area contributed by atoms with Crippen molar-refractivity contribution in [1.29, 1.82) is 5.26 Å². The van der Waals surface area contributed by atoms with Crippen LogP contribution < -0.4 is 0 Å². The average molecular weight is 266 g/mol. The summed E-state index contributed by atoms with van der Waals surface area (Å²) in [6.45, 7) is 0. The smallest absolute Gasteiger partial charge is 0.119 e. The van der Waals surface area contributed by atoms with Crippen molar-refractivity contribution in [2.24, 2.45) is 7.05 Å². The fraction of sp³-hybridized carbons (Fsp3) is 0.0714. The van der Waals surface area contributed by atoms with E-state index >= 15 is 0 Å². The molecule has 0 amide bonds. The minimum Gasteiger partial charge on any atom is -0.275 e. The topological polar surface area (TPSA) is 54.5 Å². The van der Waals surface area contributed by atoms with Gasteiger partial charge in [-0.05, 0) is 12.1 Å². The molecule has 0 fully saturated rings. The second-order valence-electron chi connectivity index (χ2n) is 4.10. The third-order valence-electron chi connectivity index (χ3n) is 2.71. The Labute approximate surface area is 114 Å². The summed E-state index contributed by atoms with van der Waals surface area (Å²) in [5, 5.41) is 15.1. The van der Waals surface area contributed by atoms with Gasteiger partial charge in [0.2, 0.25) is 0 Å². The summed E-state index contributed by atoms with van der Waals surface area (Å²) in [6.07, 6.45) is 3.67. The molecule has 1 aromatic carbocycles. The van der Waals surface area contributed by atoms with Crippen molar-refractivity contribution in [3.05, 3.63) is 48.3 Å². The molecule has 0 aliphatic heterocycles. The highest BCUT2D eigenvalue weighted by Crippen LogP contribution is 2.30. The first-order valence-electron chi connectivity index (χ1n) is 5.72. The Morgan fingerprint density at radius 2 is 2.16 bits per heavy atom. The van der Waals surface area contributed by atoms with Gasteiger partial charge in [0.15, 0.2) is 0 Å². The molecule has 0 saturated heterocycles. The highest BCUT2D eigenvalue weighted by atomic mass is 32.2. The number of hydrogen-bond acceptors (Lipinski definition) is 4. The second-order valence-corrected chi connectivity index (χ2v) is 5.16. The number of aryl methyl sites for hydroxylation is 1. The van der Waals surface area contributed by atoms with Gasteiger partial charge in [-0.2, -0.15) is 10.4 Å². The van der Waals surface area contributed by atoms with Gasteiger partial charge >= 0.3 is 0 Å². The van der Waals surface area contributed by atoms with Crippen LogP contribution in [0.4, 0.5) is 0 Å². The first-order valence-corrected chi connectivity index (χ1v) is 6.54. The van der Waals surface area contributed by atoms with Gasteiger partial charge in [0.05, 0.1) is 22.2 Å². The van der Waals surface area contributed by atoms with Crippen molar-refractivity contribution in [3.63, 3.8) is 0 Å². The lowest BCUT2D eigenvalue weighted by atomic mass is 10.2. The summed E-state index contributed by atoms with van der Waals surface area (Å²) in [6, 6.07) is 11.9. The van der Waals surface area contributed by atoms with Crippen molar-refractivity contribution in [1.82, 2.24) is 14.8 Å². The van der Waals surface area contributed by atoms with Crippen LogP contribution >= 0.6 is 11.8 Å². The van der Waals surface area contributed by atoms with Gasteiger partial charge < -0.3 is 0 Å². The number of nitriles is 1. The van der Waals surface area contributed by atoms with Crippen LogP contribution in [0.1, 0.15) is 5.56 Å². The van der Waals surface area contributed by atoms with Gasteiger partial charge in [0.1, 0.15) is 11.1 Å². The van der Waals surface area contributed by atoms with E-state index in [4.69, 9.17) is 0 Å². The van der Waals surface area contributed by atoms with E-state index in [9.17, 15) is 5.26 Å². The molecule has 0 aliphatic carbocycles. The molecule has 2 heterocycles. The van der Waals surface area contributed by atoms with E-state index in [-0.39, 0.29) is 0 Å². The van der Waals surface area contributed by atoms with Gasteiger partial charge in [0.25, 0.3) is 0 Å². The molecule has 0 radical (unpaired) electrons. The molecule has 0 bridgehead atoms. The minimum atomic E-state index is 0.590. The lowest BCUT2D eigenvalue weighted by Gasteiger charge is -2.03. The quantitative estimate of drug-likeness (QED) is 0.715. The third kappa shape index (κ3) is 2.30. The molecular formula is C14H10N4S. The number of nitrogens with zero attached hydrogens (tertiary/aromatic N) is 4. The fourth-order valence-electron chi connectivity index (χ4n) is 1.82. The lowest BCUT2D eigenvalue weighted by Crippen LogP contribution is -1.88. The number of rotatable bonds is 2. The molecule has 4 nitrogen and oxygen atoms in total. The molecule has 0 N–H and O–H groups in total. The summed E-state index contributed by atoms with van der Waals surface area (Å²) >= 11 is 1.46. The van der Waals surface area contributed by atoms with Gasteiger partial charge in [-0.1, -0.05) is 30.0 Å². The zero-order valence-corrected chi connectivity index (χ0v) is 11.1. The number of fused-ring (bicyclic) bond motifs is 1. The van der Waals surface area contributed by atoms with E-state index in [1.54, 1.807) is 10.9 Å². The second kappa shape index (κ2) is 4.75. The van der Waals surface area contributed by atoms with E-state index in [1.165, 1.54) is 11.8 Å². The Morgan fingerprint density at radius 3 is 2.89 bits per heavy atom. The molecule has 19 heavy (non-hydrogen) atoms.